The molecule has 0 aliphatic heterocycles. The van der Waals surface area contributed by atoms with Gasteiger partial charge in [-0.2, -0.15) is 0 Å². The molecule has 96 valence electrons. The van der Waals surface area contributed by atoms with Crippen LogP contribution in [0, 0.1) is 5.41 Å². The highest BCUT2D eigenvalue weighted by Gasteiger charge is 2.25. The highest BCUT2D eigenvalue weighted by Crippen LogP contribution is 2.25. The number of aliphatic hydroxyl groups is 1. The third kappa shape index (κ3) is 4.08. The van der Waals surface area contributed by atoms with Crippen LogP contribution in [0.15, 0.2) is 27.6 Å². The summed E-state index contributed by atoms with van der Waals surface area (Å²) >= 11 is 3.32. The van der Waals surface area contributed by atoms with Crippen LogP contribution >= 0.6 is 15.9 Å². The van der Waals surface area contributed by atoms with Crippen LogP contribution in [0.1, 0.15) is 20.8 Å². The summed E-state index contributed by atoms with van der Waals surface area (Å²) in [4.78, 5) is 0.572. The lowest BCUT2D eigenvalue weighted by Crippen LogP contribution is -2.31. The van der Waals surface area contributed by atoms with Crippen molar-refractivity contribution in [3.63, 3.8) is 0 Å². The number of hydrogen-bond acceptors (Lipinski definition) is 3. The maximum absolute atomic E-state index is 12.1. The first kappa shape index (κ1) is 14.7. The predicted molar refractivity (Wildman–Crippen MR) is 75.3 cm³/mol. The molecule has 0 heterocycles. The second kappa shape index (κ2) is 5.50. The average molecular weight is 320 g/mol. The van der Waals surface area contributed by atoms with E-state index in [0.29, 0.717) is 10.6 Å². The third-order valence-electron chi connectivity index (χ3n) is 2.53. The summed E-state index contributed by atoms with van der Waals surface area (Å²) in [5.41, 5.74) is 5.99. The summed E-state index contributed by atoms with van der Waals surface area (Å²) in [5.74, 6) is 0.199. The van der Waals surface area contributed by atoms with E-state index in [0.717, 1.165) is 4.47 Å². The Hall–Kier alpha value is -0.390. The van der Waals surface area contributed by atoms with Crippen molar-refractivity contribution in [2.45, 2.75) is 31.8 Å². The monoisotopic (exact) mass is 319 g/mol. The molecule has 3 nitrogen and oxygen atoms in total. The van der Waals surface area contributed by atoms with Crippen LogP contribution in [-0.2, 0) is 10.8 Å². The van der Waals surface area contributed by atoms with E-state index in [4.69, 9.17) is 5.73 Å². The highest BCUT2D eigenvalue weighted by atomic mass is 79.9. The number of rotatable bonds is 3. The Morgan fingerprint density at radius 2 is 2.06 bits per heavy atom. The molecule has 17 heavy (non-hydrogen) atoms. The fourth-order valence-corrected chi connectivity index (χ4v) is 3.26. The van der Waals surface area contributed by atoms with E-state index in [-0.39, 0.29) is 11.2 Å². The predicted octanol–water partition coefficient (Wildman–Crippen LogP) is 2.55. The molecule has 1 aromatic rings. The summed E-state index contributed by atoms with van der Waals surface area (Å²) in [6.45, 7) is 5.75. The van der Waals surface area contributed by atoms with Gasteiger partial charge in [0.25, 0.3) is 0 Å². The standard InChI is InChI=1S/C12H18BrNO2S/c1-12(2,3)11(15)7-17(16)10-6-8(13)4-5-9(10)14/h4-6,11,15H,7,14H2,1-3H3. The van der Waals surface area contributed by atoms with Crippen molar-refractivity contribution in [1.82, 2.24) is 0 Å². The molecular weight excluding hydrogens is 302 g/mol. The molecule has 0 saturated heterocycles. The van der Waals surface area contributed by atoms with Gasteiger partial charge in [0.2, 0.25) is 0 Å². The number of nitrogens with two attached hydrogens (primary N) is 1. The first-order valence-corrected chi connectivity index (χ1v) is 7.44. The Labute approximate surface area is 113 Å². The fraction of sp³-hybridized carbons (Fsp3) is 0.500. The Morgan fingerprint density at radius 3 is 2.59 bits per heavy atom. The topological polar surface area (TPSA) is 63.3 Å². The number of nitrogen functional groups attached to an aromatic ring is 1. The van der Waals surface area contributed by atoms with E-state index in [1.165, 1.54) is 0 Å². The Bertz CT molecular complexity index is 429. The first-order chi connectivity index (χ1) is 7.71. The van der Waals surface area contributed by atoms with Crippen LogP contribution < -0.4 is 5.73 Å². The van der Waals surface area contributed by atoms with Crippen molar-refractivity contribution in [2.75, 3.05) is 11.5 Å². The maximum Gasteiger partial charge on any atom is 0.0707 e. The fourth-order valence-electron chi connectivity index (χ4n) is 1.19. The minimum absolute atomic E-state index is 0.199. The molecular formula is C12H18BrNO2S. The van der Waals surface area contributed by atoms with E-state index < -0.39 is 16.9 Å². The Kier molecular flexibility index (Phi) is 4.75. The normalized spacial score (nSPS) is 15.6. The lowest BCUT2D eigenvalue weighted by atomic mass is 9.90. The van der Waals surface area contributed by atoms with Gasteiger partial charge in [0.1, 0.15) is 0 Å². The van der Waals surface area contributed by atoms with Gasteiger partial charge >= 0.3 is 0 Å². The zero-order chi connectivity index (χ0) is 13.2. The van der Waals surface area contributed by atoms with E-state index in [2.05, 4.69) is 15.9 Å². The van der Waals surface area contributed by atoms with Gasteiger partial charge < -0.3 is 10.8 Å². The minimum atomic E-state index is -1.29. The van der Waals surface area contributed by atoms with Crippen molar-refractivity contribution < 1.29 is 9.32 Å². The van der Waals surface area contributed by atoms with Gasteiger partial charge in [-0.1, -0.05) is 36.7 Å². The van der Waals surface area contributed by atoms with E-state index in [9.17, 15) is 9.32 Å². The van der Waals surface area contributed by atoms with Gasteiger partial charge in [-0.3, -0.25) is 4.21 Å². The minimum Gasteiger partial charge on any atom is -0.398 e. The quantitative estimate of drug-likeness (QED) is 0.841. The molecule has 0 aliphatic rings. The van der Waals surface area contributed by atoms with Crippen molar-refractivity contribution >= 4 is 32.4 Å². The number of aliphatic hydroxyl groups excluding tert-OH is 1. The smallest absolute Gasteiger partial charge is 0.0707 e. The van der Waals surface area contributed by atoms with Crippen molar-refractivity contribution in [1.29, 1.82) is 0 Å². The molecule has 0 fully saturated rings. The zero-order valence-corrected chi connectivity index (χ0v) is 12.6. The number of benzene rings is 1. The number of halogens is 1. The molecule has 0 bridgehead atoms. The van der Waals surface area contributed by atoms with Gasteiger partial charge in [0, 0.05) is 10.2 Å². The molecule has 0 aromatic heterocycles. The van der Waals surface area contributed by atoms with Crippen LogP contribution in [-0.4, -0.2) is 21.2 Å². The zero-order valence-electron chi connectivity index (χ0n) is 10.2. The third-order valence-corrected chi connectivity index (χ3v) is 4.49. The summed E-state index contributed by atoms with van der Waals surface area (Å²) in [6.07, 6.45) is -0.623. The van der Waals surface area contributed by atoms with E-state index >= 15 is 0 Å². The van der Waals surface area contributed by atoms with Crippen LogP contribution in [0.25, 0.3) is 0 Å². The van der Waals surface area contributed by atoms with Crippen molar-refractivity contribution in [2.24, 2.45) is 5.41 Å². The lowest BCUT2D eigenvalue weighted by molar-refractivity contribution is 0.0835. The lowest BCUT2D eigenvalue weighted by Gasteiger charge is -2.25. The largest absolute Gasteiger partial charge is 0.398 e. The molecule has 1 rings (SSSR count). The molecule has 2 unspecified atom stereocenters. The first-order valence-electron chi connectivity index (χ1n) is 5.33. The number of anilines is 1. The SMILES string of the molecule is CC(C)(C)C(O)CS(=O)c1cc(Br)ccc1N. The van der Waals surface area contributed by atoms with Crippen molar-refractivity contribution in [3.8, 4) is 0 Å². The molecule has 0 radical (unpaired) electrons. The summed E-state index contributed by atoms with van der Waals surface area (Å²) in [7, 11) is -1.29. The van der Waals surface area contributed by atoms with E-state index in [1.807, 2.05) is 20.8 Å². The van der Waals surface area contributed by atoms with Gasteiger partial charge in [0.05, 0.1) is 27.6 Å². The van der Waals surface area contributed by atoms with Crippen LogP contribution in [0.5, 0.6) is 0 Å². The average Bonchev–Trinajstić information content (AvgIpc) is 2.20. The van der Waals surface area contributed by atoms with Gasteiger partial charge in [0.15, 0.2) is 0 Å². The summed E-state index contributed by atoms with van der Waals surface area (Å²) < 4.78 is 13.0. The molecule has 1 aromatic carbocycles. The molecule has 5 heteroatoms. The van der Waals surface area contributed by atoms with Crippen molar-refractivity contribution in [3.05, 3.63) is 22.7 Å². The Morgan fingerprint density at radius 1 is 1.47 bits per heavy atom. The second-order valence-electron chi connectivity index (χ2n) is 5.08. The highest BCUT2D eigenvalue weighted by molar-refractivity contribution is 9.10. The summed E-state index contributed by atoms with van der Waals surface area (Å²) in [6, 6.07) is 5.25. The van der Waals surface area contributed by atoms with E-state index in [1.54, 1.807) is 18.2 Å². The Balaban J connectivity index is 2.87. The maximum atomic E-state index is 12.1. The van der Waals surface area contributed by atoms with Crippen LogP contribution in [0.4, 0.5) is 5.69 Å². The molecule has 3 N–H and O–H groups in total. The molecule has 0 amide bonds. The van der Waals surface area contributed by atoms with Gasteiger partial charge in [-0.25, -0.2) is 0 Å². The number of hydrogen-bond donors (Lipinski definition) is 2. The molecule has 0 spiro atoms. The van der Waals surface area contributed by atoms with Crippen LogP contribution in [0.2, 0.25) is 0 Å². The van der Waals surface area contributed by atoms with Gasteiger partial charge in [-0.05, 0) is 23.6 Å². The molecule has 0 aliphatic carbocycles. The van der Waals surface area contributed by atoms with Gasteiger partial charge in [-0.15, -0.1) is 0 Å². The van der Waals surface area contributed by atoms with Crippen LogP contribution in [0.3, 0.4) is 0 Å². The molecule has 2 atom stereocenters. The molecule has 0 saturated carbocycles. The summed E-state index contributed by atoms with van der Waals surface area (Å²) in [5, 5.41) is 9.93. The second-order valence-corrected chi connectivity index (χ2v) is 7.46.